The normalized spacial score (nSPS) is 9.57. The Balaban J connectivity index is 3.27. The van der Waals surface area contributed by atoms with Crippen LogP contribution in [0.1, 0.15) is 39.0 Å². The SMILES string of the molecule is CCCCCCCNC(=O)C(=O)NC. The van der Waals surface area contributed by atoms with Crippen molar-refractivity contribution in [3.05, 3.63) is 0 Å². The summed E-state index contributed by atoms with van der Waals surface area (Å²) in [5, 5.41) is 4.83. The molecular weight excluding hydrogens is 180 g/mol. The quantitative estimate of drug-likeness (QED) is 0.492. The van der Waals surface area contributed by atoms with Gasteiger partial charge in [-0.1, -0.05) is 32.6 Å². The van der Waals surface area contributed by atoms with Crippen molar-refractivity contribution in [2.24, 2.45) is 0 Å². The molecule has 0 aliphatic heterocycles. The molecule has 0 aromatic carbocycles. The molecule has 0 aromatic rings. The Morgan fingerprint density at radius 3 is 2.21 bits per heavy atom. The fraction of sp³-hybridized carbons (Fsp3) is 0.800. The van der Waals surface area contributed by atoms with Crippen molar-refractivity contribution in [2.75, 3.05) is 13.6 Å². The van der Waals surface area contributed by atoms with Gasteiger partial charge < -0.3 is 10.6 Å². The van der Waals surface area contributed by atoms with Crippen molar-refractivity contribution in [2.45, 2.75) is 39.0 Å². The highest BCUT2D eigenvalue weighted by molar-refractivity contribution is 6.34. The molecule has 0 bridgehead atoms. The van der Waals surface area contributed by atoms with E-state index in [1.54, 1.807) is 0 Å². The molecule has 0 unspecified atom stereocenters. The average Bonchev–Trinajstić information content (AvgIpc) is 2.21. The highest BCUT2D eigenvalue weighted by atomic mass is 16.2. The van der Waals surface area contributed by atoms with Gasteiger partial charge in [0.2, 0.25) is 0 Å². The Labute approximate surface area is 85.4 Å². The van der Waals surface area contributed by atoms with Crippen molar-refractivity contribution in [3.8, 4) is 0 Å². The van der Waals surface area contributed by atoms with Crippen LogP contribution in [-0.4, -0.2) is 25.4 Å². The molecule has 0 atom stereocenters. The number of hydrogen-bond acceptors (Lipinski definition) is 2. The number of unbranched alkanes of at least 4 members (excludes halogenated alkanes) is 4. The Bertz CT molecular complexity index is 181. The number of amides is 2. The van der Waals surface area contributed by atoms with Crippen LogP contribution in [0.2, 0.25) is 0 Å². The number of nitrogens with one attached hydrogen (secondary N) is 2. The van der Waals surface area contributed by atoms with E-state index in [9.17, 15) is 9.59 Å². The number of carbonyl (C=O) groups excluding carboxylic acids is 2. The van der Waals surface area contributed by atoms with Crippen LogP contribution >= 0.6 is 0 Å². The molecule has 4 nitrogen and oxygen atoms in total. The molecular formula is C10H20N2O2. The summed E-state index contributed by atoms with van der Waals surface area (Å²) in [6.45, 7) is 2.75. The van der Waals surface area contributed by atoms with Gasteiger partial charge in [-0.15, -0.1) is 0 Å². The van der Waals surface area contributed by atoms with Gasteiger partial charge in [0.1, 0.15) is 0 Å². The van der Waals surface area contributed by atoms with Gasteiger partial charge in [-0.3, -0.25) is 9.59 Å². The minimum Gasteiger partial charge on any atom is -0.351 e. The molecule has 0 spiro atoms. The van der Waals surface area contributed by atoms with Crippen LogP contribution < -0.4 is 10.6 Å². The summed E-state index contributed by atoms with van der Waals surface area (Å²) in [5.41, 5.74) is 0. The Hall–Kier alpha value is -1.06. The lowest BCUT2D eigenvalue weighted by molar-refractivity contribution is -0.138. The van der Waals surface area contributed by atoms with Crippen molar-refractivity contribution in [1.29, 1.82) is 0 Å². The predicted octanol–water partition coefficient (Wildman–Crippen LogP) is 0.819. The Morgan fingerprint density at radius 2 is 1.64 bits per heavy atom. The first-order valence-corrected chi connectivity index (χ1v) is 5.22. The van der Waals surface area contributed by atoms with Crippen LogP contribution in [0.15, 0.2) is 0 Å². The van der Waals surface area contributed by atoms with E-state index >= 15 is 0 Å². The number of rotatable bonds is 6. The lowest BCUT2D eigenvalue weighted by atomic mass is 10.1. The molecule has 2 N–H and O–H groups in total. The lowest BCUT2D eigenvalue weighted by Crippen LogP contribution is -2.38. The summed E-state index contributed by atoms with van der Waals surface area (Å²) in [6.07, 6.45) is 5.71. The first kappa shape index (κ1) is 12.9. The molecule has 0 rings (SSSR count). The molecule has 0 radical (unpaired) electrons. The van der Waals surface area contributed by atoms with Crippen LogP contribution in [0.4, 0.5) is 0 Å². The third-order valence-corrected chi connectivity index (χ3v) is 2.00. The molecule has 4 heteroatoms. The second-order valence-corrected chi connectivity index (χ2v) is 3.25. The number of carbonyl (C=O) groups is 2. The molecule has 82 valence electrons. The largest absolute Gasteiger partial charge is 0.351 e. The van der Waals surface area contributed by atoms with Crippen molar-refractivity contribution in [1.82, 2.24) is 10.6 Å². The Kier molecular flexibility index (Phi) is 7.89. The topological polar surface area (TPSA) is 58.2 Å². The summed E-state index contributed by atoms with van der Waals surface area (Å²) in [4.78, 5) is 21.7. The van der Waals surface area contributed by atoms with Crippen LogP contribution in [0, 0.1) is 0 Å². The molecule has 0 saturated carbocycles. The fourth-order valence-electron chi connectivity index (χ4n) is 1.12. The Morgan fingerprint density at radius 1 is 1.00 bits per heavy atom. The molecule has 0 aliphatic rings. The molecule has 0 heterocycles. The van der Waals surface area contributed by atoms with E-state index < -0.39 is 11.8 Å². The highest BCUT2D eigenvalue weighted by Crippen LogP contribution is 2.00. The highest BCUT2D eigenvalue weighted by Gasteiger charge is 2.08. The van der Waals surface area contributed by atoms with E-state index in [0.29, 0.717) is 6.54 Å². The van der Waals surface area contributed by atoms with Crippen LogP contribution in [-0.2, 0) is 9.59 Å². The van der Waals surface area contributed by atoms with E-state index in [0.717, 1.165) is 12.8 Å². The molecule has 2 amide bonds. The standard InChI is InChI=1S/C10H20N2O2/c1-3-4-5-6-7-8-12-10(14)9(13)11-2/h3-8H2,1-2H3,(H,11,13)(H,12,14). The first-order chi connectivity index (χ1) is 6.72. The van der Waals surface area contributed by atoms with Gasteiger partial charge in [-0.25, -0.2) is 0 Å². The van der Waals surface area contributed by atoms with E-state index in [1.165, 1.54) is 26.3 Å². The number of hydrogen-bond donors (Lipinski definition) is 2. The maximum Gasteiger partial charge on any atom is 0.309 e. The molecule has 0 saturated heterocycles. The zero-order valence-electron chi connectivity index (χ0n) is 9.06. The van der Waals surface area contributed by atoms with Crippen LogP contribution in [0.3, 0.4) is 0 Å². The van der Waals surface area contributed by atoms with Crippen molar-refractivity contribution >= 4 is 11.8 Å². The summed E-state index contributed by atoms with van der Waals surface area (Å²) < 4.78 is 0. The van der Waals surface area contributed by atoms with Crippen molar-refractivity contribution in [3.63, 3.8) is 0 Å². The second kappa shape index (κ2) is 8.53. The van der Waals surface area contributed by atoms with Crippen molar-refractivity contribution < 1.29 is 9.59 Å². The zero-order chi connectivity index (χ0) is 10.8. The fourth-order valence-corrected chi connectivity index (χ4v) is 1.12. The molecule has 14 heavy (non-hydrogen) atoms. The van der Waals surface area contributed by atoms with E-state index in [2.05, 4.69) is 17.6 Å². The maximum absolute atomic E-state index is 10.9. The summed E-state index contributed by atoms with van der Waals surface area (Å²) in [7, 11) is 1.45. The lowest BCUT2D eigenvalue weighted by Gasteiger charge is -2.03. The third-order valence-electron chi connectivity index (χ3n) is 2.00. The molecule has 0 aromatic heterocycles. The third kappa shape index (κ3) is 6.46. The summed E-state index contributed by atoms with van der Waals surface area (Å²) in [5.74, 6) is -1.11. The van der Waals surface area contributed by atoms with Gasteiger partial charge in [0, 0.05) is 13.6 Å². The minimum atomic E-state index is -0.571. The average molecular weight is 200 g/mol. The first-order valence-electron chi connectivity index (χ1n) is 5.22. The monoisotopic (exact) mass is 200 g/mol. The van der Waals surface area contributed by atoms with Gasteiger partial charge >= 0.3 is 11.8 Å². The second-order valence-electron chi connectivity index (χ2n) is 3.25. The van der Waals surface area contributed by atoms with Gasteiger partial charge in [0.25, 0.3) is 0 Å². The van der Waals surface area contributed by atoms with Gasteiger partial charge in [-0.2, -0.15) is 0 Å². The smallest absolute Gasteiger partial charge is 0.309 e. The maximum atomic E-state index is 10.9. The summed E-state index contributed by atoms with van der Waals surface area (Å²) >= 11 is 0. The molecule has 0 fully saturated rings. The van der Waals surface area contributed by atoms with Gasteiger partial charge in [0.15, 0.2) is 0 Å². The zero-order valence-corrected chi connectivity index (χ0v) is 9.06. The van der Waals surface area contributed by atoms with Crippen LogP contribution in [0.5, 0.6) is 0 Å². The minimum absolute atomic E-state index is 0.539. The number of likely N-dealkylation sites (N-methyl/N-ethyl adjacent to an activating group) is 1. The molecule has 0 aliphatic carbocycles. The van der Waals surface area contributed by atoms with E-state index in [1.807, 2.05) is 0 Å². The van der Waals surface area contributed by atoms with Gasteiger partial charge in [-0.05, 0) is 6.42 Å². The van der Waals surface area contributed by atoms with E-state index in [-0.39, 0.29) is 0 Å². The summed E-state index contributed by atoms with van der Waals surface area (Å²) in [6, 6.07) is 0. The van der Waals surface area contributed by atoms with Crippen LogP contribution in [0.25, 0.3) is 0 Å². The predicted molar refractivity (Wildman–Crippen MR) is 55.8 cm³/mol. The van der Waals surface area contributed by atoms with E-state index in [4.69, 9.17) is 0 Å². The van der Waals surface area contributed by atoms with Gasteiger partial charge in [0.05, 0.1) is 0 Å².